The molecule has 0 unspecified atom stereocenters. The molecule has 12 heteroatoms. The van der Waals surface area contributed by atoms with Gasteiger partial charge in [0.1, 0.15) is 0 Å². The van der Waals surface area contributed by atoms with E-state index in [0.717, 1.165) is 0 Å². The number of hydrogen-bond donors (Lipinski definition) is 0. The second-order valence-electron chi connectivity index (χ2n) is 4.01. The van der Waals surface area contributed by atoms with Crippen molar-refractivity contribution in [1.29, 1.82) is 0 Å². The van der Waals surface area contributed by atoms with E-state index >= 15 is 0 Å². The van der Waals surface area contributed by atoms with Crippen molar-refractivity contribution in [3.63, 3.8) is 0 Å². The first-order valence-corrected chi connectivity index (χ1v) is 8.38. The summed E-state index contributed by atoms with van der Waals surface area (Å²) in [6, 6.07) is 0. The van der Waals surface area contributed by atoms with E-state index in [1.54, 1.807) is 0 Å². The first-order valence-electron chi connectivity index (χ1n) is 5.41. The molecule has 0 saturated carbocycles. The molecule has 0 nitrogen and oxygen atoms in total. The summed E-state index contributed by atoms with van der Waals surface area (Å²) in [4.78, 5) is 0. The minimum absolute atomic E-state index is 2.24. The third kappa shape index (κ3) is 2.59. The molecule has 0 atom stereocenters. The standard InChI is InChI=1S/C12F11I/c13-1-3(15)7(19)11(8(20)4(1)16)24(23)12-9(21)5(17)2(14)6(18)10(12)22. The Morgan fingerprint density at radius 3 is 0.708 bits per heavy atom. The molecule has 24 heavy (non-hydrogen) atoms. The SMILES string of the molecule is Fc1c(F)c(F)c(I(F)c2c(F)c(F)c(F)c(F)c2F)c(F)c1F. The maximum atomic E-state index is 14.2. The number of hydrogen-bond acceptors (Lipinski definition) is 0. The van der Waals surface area contributed by atoms with Crippen LogP contribution < -0.4 is 0 Å². The van der Waals surface area contributed by atoms with E-state index in [1.165, 1.54) is 0 Å². The van der Waals surface area contributed by atoms with Crippen molar-refractivity contribution < 1.29 is 46.8 Å². The van der Waals surface area contributed by atoms with Gasteiger partial charge < -0.3 is 0 Å². The fourth-order valence-electron chi connectivity index (χ4n) is 1.54. The molecule has 0 saturated heterocycles. The summed E-state index contributed by atoms with van der Waals surface area (Å²) in [6.45, 7) is 0. The van der Waals surface area contributed by atoms with E-state index in [9.17, 15) is 46.8 Å². The Labute approximate surface area is 133 Å². The second kappa shape index (κ2) is 6.37. The van der Waals surface area contributed by atoms with Crippen LogP contribution in [0.5, 0.6) is 0 Å². The van der Waals surface area contributed by atoms with Gasteiger partial charge in [0.15, 0.2) is 0 Å². The molecule has 0 heterocycles. The van der Waals surface area contributed by atoms with E-state index in [4.69, 9.17) is 0 Å². The second-order valence-corrected chi connectivity index (χ2v) is 7.52. The first kappa shape index (κ1) is 18.7. The van der Waals surface area contributed by atoms with E-state index in [1.807, 2.05) is 0 Å². The molecular weight excluding hydrogens is 480 g/mol. The Kier molecular flexibility index (Phi) is 4.97. The van der Waals surface area contributed by atoms with E-state index in [2.05, 4.69) is 0 Å². The summed E-state index contributed by atoms with van der Waals surface area (Å²) in [5, 5.41) is 0. The van der Waals surface area contributed by atoms with Crippen LogP contribution in [0.25, 0.3) is 0 Å². The Hall–Kier alpha value is -1.60. The van der Waals surface area contributed by atoms with Gasteiger partial charge >= 0.3 is 132 Å². The van der Waals surface area contributed by atoms with Gasteiger partial charge in [-0.15, -0.1) is 0 Å². The van der Waals surface area contributed by atoms with Gasteiger partial charge in [-0.05, 0) is 0 Å². The normalized spacial score (nSPS) is 11.9. The van der Waals surface area contributed by atoms with Crippen LogP contribution in [0.4, 0.5) is 46.8 Å². The van der Waals surface area contributed by atoms with Crippen LogP contribution in [0.2, 0.25) is 0 Å². The Morgan fingerprint density at radius 2 is 0.500 bits per heavy atom. The molecule has 0 aliphatic heterocycles. The van der Waals surface area contributed by atoms with Crippen molar-refractivity contribution >= 4 is 20.4 Å². The van der Waals surface area contributed by atoms with Crippen molar-refractivity contribution in [2.45, 2.75) is 0 Å². The number of benzene rings is 2. The zero-order chi connectivity index (χ0) is 18.5. The molecule has 0 N–H and O–H groups in total. The molecule has 0 aliphatic rings. The van der Waals surface area contributed by atoms with Gasteiger partial charge in [-0.1, -0.05) is 0 Å². The van der Waals surface area contributed by atoms with Crippen molar-refractivity contribution in [3.05, 3.63) is 65.3 Å². The quantitative estimate of drug-likeness (QED) is 0.231. The van der Waals surface area contributed by atoms with Crippen molar-refractivity contribution in [1.82, 2.24) is 0 Å². The zero-order valence-corrected chi connectivity index (χ0v) is 12.7. The van der Waals surface area contributed by atoms with Crippen LogP contribution in [-0.2, 0) is 0 Å². The summed E-state index contributed by atoms with van der Waals surface area (Å²) in [6.07, 6.45) is 0. The Balaban J connectivity index is 2.84. The predicted octanol–water partition coefficient (Wildman–Crippen LogP) is 5.51. The van der Waals surface area contributed by atoms with Crippen LogP contribution >= 0.6 is 20.4 Å². The Bertz CT molecular complexity index is 720. The fourth-order valence-corrected chi connectivity index (χ4v) is 4.69. The van der Waals surface area contributed by atoms with Crippen LogP contribution in [0.3, 0.4) is 0 Å². The average Bonchev–Trinajstić information content (AvgIpc) is 2.55. The maximum absolute atomic E-state index is 14.2. The van der Waals surface area contributed by atoms with Gasteiger partial charge in [0, 0.05) is 0 Å². The molecule has 0 spiro atoms. The average molecular weight is 480 g/mol. The summed E-state index contributed by atoms with van der Waals surface area (Å²) in [5.74, 6) is -26.8. The van der Waals surface area contributed by atoms with Gasteiger partial charge in [0.2, 0.25) is 0 Å². The third-order valence-electron chi connectivity index (χ3n) is 2.64. The molecule has 0 amide bonds. The summed E-state index contributed by atoms with van der Waals surface area (Å²) in [5.41, 5.74) is 0. The summed E-state index contributed by atoms with van der Waals surface area (Å²) >= 11 is -5.74. The topological polar surface area (TPSA) is 0 Å². The summed E-state index contributed by atoms with van der Waals surface area (Å²) in [7, 11) is 0. The van der Waals surface area contributed by atoms with Crippen molar-refractivity contribution in [2.24, 2.45) is 0 Å². The first-order chi connectivity index (χ1) is 11.0. The van der Waals surface area contributed by atoms with Gasteiger partial charge in [-0.3, -0.25) is 0 Å². The predicted molar refractivity (Wildman–Crippen MR) is 65.0 cm³/mol. The van der Waals surface area contributed by atoms with Gasteiger partial charge in [0.05, 0.1) is 0 Å². The molecule has 2 aromatic rings. The van der Waals surface area contributed by atoms with Crippen LogP contribution in [0, 0.1) is 65.3 Å². The van der Waals surface area contributed by atoms with Gasteiger partial charge in [-0.2, -0.15) is 0 Å². The van der Waals surface area contributed by atoms with Crippen molar-refractivity contribution in [3.8, 4) is 0 Å². The molecule has 2 rings (SSSR count). The van der Waals surface area contributed by atoms with Crippen LogP contribution in [-0.4, -0.2) is 0 Å². The monoisotopic (exact) mass is 480 g/mol. The molecule has 0 aromatic heterocycles. The molecule has 0 bridgehead atoms. The third-order valence-corrected chi connectivity index (χ3v) is 6.43. The number of rotatable bonds is 2. The van der Waals surface area contributed by atoms with Gasteiger partial charge in [0.25, 0.3) is 0 Å². The molecular formula is C12F11I. The number of halogens is 12. The van der Waals surface area contributed by atoms with Crippen LogP contribution in [0.15, 0.2) is 0 Å². The fraction of sp³-hybridized carbons (Fsp3) is 0. The van der Waals surface area contributed by atoms with Crippen LogP contribution in [0.1, 0.15) is 0 Å². The van der Waals surface area contributed by atoms with E-state index in [0.29, 0.717) is 0 Å². The molecule has 0 fully saturated rings. The molecule has 2 aromatic carbocycles. The Morgan fingerprint density at radius 1 is 0.333 bits per heavy atom. The van der Waals surface area contributed by atoms with E-state index < -0.39 is 85.7 Å². The summed E-state index contributed by atoms with van der Waals surface area (Å²) < 4.78 is 141. The zero-order valence-electron chi connectivity index (χ0n) is 10.5. The molecule has 0 radical (unpaired) electrons. The minimum atomic E-state index is -5.74. The molecule has 0 aliphatic carbocycles. The van der Waals surface area contributed by atoms with E-state index in [-0.39, 0.29) is 0 Å². The van der Waals surface area contributed by atoms with Gasteiger partial charge in [-0.25, -0.2) is 0 Å². The molecule has 132 valence electrons. The van der Waals surface area contributed by atoms with Crippen molar-refractivity contribution in [2.75, 3.05) is 0 Å².